The molecule has 0 bridgehead atoms. The summed E-state index contributed by atoms with van der Waals surface area (Å²) in [4.78, 5) is 25.5. The van der Waals surface area contributed by atoms with Crippen molar-refractivity contribution in [2.24, 2.45) is 0 Å². The summed E-state index contributed by atoms with van der Waals surface area (Å²) in [5.74, 6) is -0.186. The highest BCUT2D eigenvalue weighted by Gasteiger charge is 2.32. The second kappa shape index (κ2) is 8.55. The highest BCUT2D eigenvalue weighted by atomic mass is 19.4. The van der Waals surface area contributed by atoms with Crippen LogP contribution in [0.25, 0.3) is 0 Å². The maximum absolute atomic E-state index is 12.8. The van der Waals surface area contributed by atoms with Gasteiger partial charge in [-0.05, 0) is 61.2 Å². The van der Waals surface area contributed by atoms with Gasteiger partial charge in [0.05, 0.1) is 11.6 Å². The predicted octanol–water partition coefficient (Wildman–Crippen LogP) is 5.42. The molecule has 3 amide bonds. The number of rotatable bonds is 3. The summed E-state index contributed by atoms with van der Waals surface area (Å²) in [6.45, 7) is 1.94. The van der Waals surface area contributed by atoms with Crippen LogP contribution in [0.1, 0.15) is 43.4 Å². The number of carbonyl (C=O) groups is 2. The van der Waals surface area contributed by atoms with Crippen LogP contribution in [0, 0.1) is 0 Å². The first-order valence-corrected chi connectivity index (χ1v) is 9.36. The zero-order valence-corrected chi connectivity index (χ0v) is 15.9. The quantitative estimate of drug-likeness (QED) is 0.716. The van der Waals surface area contributed by atoms with Gasteiger partial charge in [-0.2, -0.15) is 13.2 Å². The molecule has 2 aromatic carbocycles. The Hall–Kier alpha value is -3.03. The van der Waals surface area contributed by atoms with Gasteiger partial charge in [0.2, 0.25) is 5.91 Å². The van der Waals surface area contributed by atoms with Crippen LogP contribution in [-0.4, -0.2) is 23.4 Å². The molecule has 1 atom stereocenters. The first-order valence-electron chi connectivity index (χ1n) is 9.36. The second-order valence-electron chi connectivity index (χ2n) is 7.01. The van der Waals surface area contributed by atoms with E-state index in [1.165, 1.54) is 19.1 Å². The number of nitrogens with one attached hydrogen (secondary N) is 2. The average molecular weight is 405 g/mol. The lowest BCUT2D eigenvalue weighted by molar-refractivity contribution is -0.137. The van der Waals surface area contributed by atoms with Gasteiger partial charge in [0.15, 0.2) is 0 Å². The van der Waals surface area contributed by atoms with E-state index in [2.05, 4.69) is 10.6 Å². The van der Waals surface area contributed by atoms with Gasteiger partial charge in [-0.3, -0.25) is 4.79 Å². The Labute approximate surface area is 166 Å². The highest BCUT2D eigenvalue weighted by Crippen LogP contribution is 2.34. The molecule has 154 valence electrons. The van der Waals surface area contributed by atoms with E-state index in [1.54, 1.807) is 29.2 Å². The lowest BCUT2D eigenvalue weighted by Gasteiger charge is -2.36. The Morgan fingerprint density at radius 2 is 1.52 bits per heavy atom. The van der Waals surface area contributed by atoms with Gasteiger partial charge in [0, 0.05) is 24.8 Å². The van der Waals surface area contributed by atoms with Crippen molar-refractivity contribution < 1.29 is 22.8 Å². The van der Waals surface area contributed by atoms with E-state index in [0.29, 0.717) is 29.9 Å². The monoisotopic (exact) mass is 405 g/mol. The van der Waals surface area contributed by atoms with Crippen molar-refractivity contribution in [2.75, 3.05) is 17.2 Å². The molecule has 0 unspecified atom stereocenters. The van der Waals surface area contributed by atoms with E-state index < -0.39 is 11.7 Å². The molecular formula is C21H22F3N3O2. The van der Waals surface area contributed by atoms with Crippen LogP contribution in [0.5, 0.6) is 0 Å². The minimum absolute atomic E-state index is 0.186. The number of hydrogen-bond acceptors (Lipinski definition) is 2. The lowest BCUT2D eigenvalue weighted by atomic mass is 9.95. The Kier molecular flexibility index (Phi) is 6.10. The van der Waals surface area contributed by atoms with Crippen LogP contribution in [0.15, 0.2) is 48.5 Å². The first kappa shape index (κ1) is 20.7. The van der Waals surface area contributed by atoms with Gasteiger partial charge in [0.25, 0.3) is 0 Å². The van der Waals surface area contributed by atoms with E-state index in [-0.39, 0.29) is 18.0 Å². The van der Waals surface area contributed by atoms with Crippen molar-refractivity contribution in [1.82, 2.24) is 4.90 Å². The van der Waals surface area contributed by atoms with Gasteiger partial charge < -0.3 is 15.5 Å². The number of alkyl halides is 3. The predicted molar refractivity (Wildman–Crippen MR) is 105 cm³/mol. The van der Waals surface area contributed by atoms with Gasteiger partial charge in [-0.1, -0.05) is 12.1 Å². The van der Waals surface area contributed by atoms with Gasteiger partial charge in [-0.25, -0.2) is 4.79 Å². The van der Waals surface area contributed by atoms with Gasteiger partial charge in [-0.15, -0.1) is 0 Å². The SMILES string of the molecule is CC(=O)Nc1ccc(NC(=O)N2CCCC[C@H]2c2ccc(C(F)(F)F)cc2)cc1. The summed E-state index contributed by atoms with van der Waals surface area (Å²) < 4.78 is 38.4. The number of hydrogen-bond donors (Lipinski definition) is 2. The van der Waals surface area contributed by atoms with E-state index in [1.807, 2.05) is 0 Å². The molecule has 0 saturated carbocycles. The Morgan fingerprint density at radius 1 is 0.931 bits per heavy atom. The molecule has 0 radical (unpaired) electrons. The van der Waals surface area contributed by atoms with Crippen LogP contribution < -0.4 is 10.6 Å². The summed E-state index contributed by atoms with van der Waals surface area (Å²) in [6, 6.07) is 11.2. The Bertz CT molecular complexity index is 864. The molecule has 0 aromatic heterocycles. The molecule has 1 fully saturated rings. The Morgan fingerprint density at radius 3 is 2.07 bits per heavy atom. The van der Waals surface area contributed by atoms with Crippen LogP contribution >= 0.6 is 0 Å². The summed E-state index contributed by atoms with van der Waals surface area (Å²) in [7, 11) is 0. The molecule has 1 aliphatic rings. The molecule has 0 aliphatic carbocycles. The molecule has 1 aliphatic heterocycles. The fourth-order valence-corrected chi connectivity index (χ4v) is 3.45. The van der Waals surface area contributed by atoms with Crippen LogP contribution in [0.2, 0.25) is 0 Å². The molecule has 2 N–H and O–H groups in total. The van der Waals surface area contributed by atoms with Crippen molar-refractivity contribution in [3.63, 3.8) is 0 Å². The van der Waals surface area contributed by atoms with Crippen molar-refractivity contribution in [1.29, 1.82) is 0 Å². The number of likely N-dealkylation sites (tertiary alicyclic amines) is 1. The van der Waals surface area contributed by atoms with Gasteiger partial charge >= 0.3 is 12.2 Å². The molecule has 1 heterocycles. The Balaban J connectivity index is 1.72. The molecule has 1 saturated heterocycles. The fraction of sp³-hybridized carbons (Fsp3) is 0.333. The smallest absolute Gasteiger partial charge is 0.326 e. The third kappa shape index (κ3) is 5.28. The third-order valence-electron chi connectivity index (χ3n) is 4.84. The fourth-order valence-electron chi connectivity index (χ4n) is 3.45. The number of nitrogens with zero attached hydrogens (tertiary/aromatic N) is 1. The molecule has 3 rings (SSSR count). The topological polar surface area (TPSA) is 61.4 Å². The molecule has 5 nitrogen and oxygen atoms in total. The normalized spacial score (nSPS) is 17.0. The van der Waals surface area contributed by atoms with Crippen molar-refractivity contribution >= 4 is 23.3 Å². The summed E-state index contributed by atoms with van der Waals surface area (Å²) in [6.07, 6.45) is -1.95. The van der Waals surface area contributed by atoms with Gasteiger partial charge in [0.1, 0.15) is 0 Å². The molecule has 0 spiro atoms. The lowest BCUT2D eigenvalue weighted by Crippen LogP contribution is -2.41. The maximum atomic E-state index is 12.8. The maximum Gasteiger partial charge on any atom is 0.416 e. The number of urea groups is 1. The first-order chi connectivity index (χ1) is 13.7. The minimum atomic E-state index is -4.38. The summed E-state index contributed by atoms with van der Waals surface area (Å²) >= 11 is 0. The van der Waals surface area contributed by atoms with Crippen LogP contribution in [0.4, 0.5) is 29.3 Å². The average Bonchev–Trinajstić information content (AvgIpc) is 2.68. The van der Waals surface area contributed by atoms with Crippen LogP contribution in [0.3, 0.4) is 0 Å². The molecule has 8 heteroatoms. The van der Waals surface area contributed by atoms with E-state index in [4.69, 9.17) is 0 Å². The minimum Gasteiger partial charge on any atom is -0.326 e. The number of amides is 3. The van der Waals surface area contributed by atoms with E-state index in [0.717, 1.165) is 25.0 Å². The highest BCUT2D eigenvalue weighted by molar-refractivity contribution is 5.91. The molecule has 2 aromatic rings. The number of carbonyl (C=O) groups excluding carboxylic acids is 2. The number of halogens is 3. The van der Waals surface area contributed by atoms with Crippen LogP contribution in [-0.2, 0) is 11.0 Å². The van der Waals surface area contributed by atoms with Crippen molar-refractivity contribution in [3.05, 3.63) is 59.7 Å². The van der Waals surface area contributed by atoms with Crippen molar-refractivity contribution in [2.45, 2.75) is 38.4 Å². The zero-order chi connectivity index (χ0) is 21.0. The van der Waals surface area contributed by atoms with E-state index in [9.17, 15) is 22.8 Å². The summed E-state index contributed by atoms with van der Waals surface area (Å²) in [5.41, 5.74) is 1.18. The largest absolute Gasteiger partial charge is 0.416 e. The number of anilines is 2. The summed E-state index contributed by atoms with van der Waals surface area (Å²) in [5, 5.41) is 5.47. The number of benzene rings is 2. The third-order valence-corrected chi connectivity index (χ3v) is 4.84. The molecule has 29 heavy (non-hydrogen) atoms. The molecular weight excluding hydrogens is 383 g/mol. The van der Waals surface area contributed by atoms with E-state index >= 15 is 0 Å². The number of piperidine rings is 1. The standard InChI is InChI=1S/C21H22F3N3O2/c1-14(28)25-17-9-11-18(12-10-17)26-20(29)27-13-3-2-4-19(27)15-5-7-16(8-6-15)21(22,23)24/h5-12,19H,2-4,13H2,1H3,(H,25,28)(H,26,29)/t19-/m0/s1. The zero-order valence-electron chi connectivity index (χ0n) is 15.9. The van der Waals surface area contributed by atoms with Crippen molar-refractivity contribution in [3.8, 4) is 0 Å². The second-order valence-corrected chi connectivity index (χ2v) is 7.01.